The van der Waals surface area contributed by atoms with Crippen LogP contribution in [0.2, 0.25) is 5.02 Å². The molecule has 0 spiro atoms. The molecule has 1 aromatic heterocycles. The molecule has 0 aliphatic rings. The Kier molecular flexibility index (Phi) is 4.81. The molecule has 2 rings (SSSR count). The first kappa shape index (κ1) is 15.3. The van der Waals surface area contributed by atoms with Gasteiger partial charge in [-0.3, -0.25) is 9.48 Å². The van der Waals surface area contributed by atoms with Crippen LogP contribution < -0.4 is 5.73 Å². The summed E-state index contributed by atoms with van der Waals surface area (Å²) in [7, 11) is 1.80. The summed E-state index contributed by atoms with van der Waals surface area (Å²) in [5.41, 5.74) is 8.83. The van der Waals surface area contributed by atoms with Crippen molar-refractivity contribution < 1.29 is 4.79 Å². The van der Waals surface area contributed by atoms with E-state index in [1.165, 1.54) is 0 Å². The number of nitrogens with two attached hydrogens (primary N) is 1. The Balaban J connectivity index is 2.08. The third-order valence-corrected chi connectivity index (χ3v) is 3.68. The van der Waals surface area contributed by atoms with Gasteiger partial charge in [0.25, 0.3) is 0 Å². The summed E-state index contributed by atoms with van der Waals surface area (Å²) in [5.74, 6) is -0.0145. The van der Waals surface area contributed by atoms with Crippen molar-refractivity contribution in [3.8, 4) is 0 Å². The minimum Gasteiger partial charge on any atom is -0.399 e. The van der Waals surface area contributed by atoms with Gasteiger partial charge in [-0.1, -0.05) is 36.7 Å². The molecule has 0 atom stereocenters. The van der Waals surface area contributed by atoms with Crippen molar-refractivity contribution in [1.29, 1.82) is 0 Å². The molecule has 110 valence electrons. The van der Waals surface area contributed by atoms with Crippen LogP contribution in [0.4, 0.5) is 5.69 Å². The number of halogens is 1. The van der Waals surface area contributed by atoms with Crippen molar-refractivity contribution in [3.05, 3.63) is 52.3 Å². The van der Waals surface area contributed by atoms with E-state index in [9.17, 15) is 4.79 Å². The van der Waals surface area contributed by atoms with Crippen molar-refractivity contribution in [2.75, 3.05) is 5.73 Å². The van der Waals surface area contributed by atoms with Gasteiger partial charge in [0.1, 0.15) is 0 Å². The Hall–Kier alpha value is -2.07. The quantitative estimate of drug-likeness (QED) is 0.682. The molecule has 1 heterocycles. The summed E-state index contributed by atoms with van der Waals surface area (Å²) < 4.78 is 1.68. The monoisotopic (exact) mass is 303 g/mol. The summed E-state index contributed by atoms with van der Waals surface area (Å²) in [5, 5.41) is 4.90. The molecule has 0 aliphatic heterocycles. The van der Waals surface area contributed by atoms with Crippen molar-refractivity contribution in [1.82, 2.24) is 9.78 Å². The van der Waals surface area contributed by atoms with E-state index >= 15 is 0 Å². The number of anilines is 1. The summed E-state index contributed by atoms with van der Waals surface area (Å²) in [4.78, 5) is 12.0. The van der Waals surface area contributed by atoms with E-state index in [1.807, 2.05) is 19.1 Å². The minimum absolute atomic E-state index is 0.0145. The molecule has 0 bridgehead atoms. The maximum atomic E-state index is 12.0. The molecule has 0 saturated heterocycles. The highest BCUT2D eigenvalue weighted by molar-refractivity contribution is 6.32. The van der Waals surface area contributed by atoms with Gasteiger partial charge < -0.3 is 5.73 Å². The highest BCUT2D eigenvalue weighted by atomic mass is 35.5. The summed E-state index contributed by atoms with van der Waals surface area (Å²) in [6, 6.07) is 7.34. The number of benzene rings is 1. The number of carbonyl (C=O) groups is 1. The Morgan fingerprint density at radius 3 is 2.62 bits per heavy atom. The van der Waals surface area contributed by atoms with Crippen LogP contribution in [0.25, 0.3) is 6.08 Å². The van der Waals surface area contributed by atoms with Crippen LogP contribution in [-0.2, 0) is 24.7 Å². The number of aryl methyl sites for hydroxylation is 2. The molecule has 21 heavy (non-hydrogen) atoms. The van der Waals surface area contributed by atoms with Gasteiger partial charge in [-0.05, 0) is 30.2 Å². The number of rotatable bonds is 5. The Morgan fingerprint density at radius 2 is 2.05 bits per heavy atom. The number of hydrogen-bond acceptors (Lipinski definition) is 3. The van der Waals surface area contributed by atoms with Gasteiger partial charge in [0.05, 0.1) is 22.8 Å². The van der Waals surface area contributed by atoms with Gasteiger partial charge in [0.2, 0.25) is 0 Å². The highest BCUT2D eigenvalue weighted by Crippen LogP contribution is 2.21. The predicted molar refractivity (Wildman–Crippen MR) is 86.2 cm³/mol. The normalized spacial score (nSPS) is 11.2. The summed E-state index contributed by atoms with van der Waals surface area (Å²) >= 11 is 6.23. The number of hydrogen-bond donors (Lipinski definition) is 1. The van der Waals surface area contributed by atoms with Crippen LogP contribution in [0.1, 0.15) is 23.9 Å². The van der Waals surface area contributed by atoms with Gasteiger partial charge in [0, 0.05) is 12.7 Å². The zero-order valence-electron chi connectivity index (χ0n) is 12.1. The number of carbonyl (C=O) groups excluding carboxylic acids is 1. The van der Waals surface area contributed by atoms with E-state index in [0.717, 1.165) is 23.4 Å². The molecular weight excluding hydrogens is 286 g/mol. The molecule has 5 heteroatoms. The number of nitrogens with zero attached hydrogens (tertiary/aromatic N) is 2. The number of allylic oxidation sites excluding steroid dienone is 1. The van der Waals surface area contributed by atoms with E-state index < -0.39 is 0 Å². The Bertz CT molecular complexity index is 672. The Morgan fingerprint density at radius 1 is 1.38 bits per heavy atom. The summed E-state index contributed by atoms with van der Waals surface area (Å²) in [6.07, 6.45) is 4.32. The second-order valence-electron chi connectivity index (χ2n) is 4.83. The standard InChI is InChI=1S/C16H18ClN3O/c1-3-14-16(17)15(20(2)19-14)10-13(21)9-6-11-4-7-12(18)8-5-11/h4-9H,3,10,18H2,1-2H3/b9-6+. The lowest BCUT2D eigenvalue weighted by Crippen LogP contribution is -2.05. The maximum absolute atomic E-state index is 12.0. The second-order valence-corrected chi connectivity index (χ2v) is 5.21. The smallest absolute Gasteiger partial charge is 0.161 e. The van der Waals surface area contributed by atoms with Crippen molar-refractivity contribution >= 4 is 29.1 Å². The molecule has 0 amide bonds. The van der Waals surface area contributed by atoms with E-state index in [0.29, 0.717) is 10.7 Å². The van der Waals surface area contributed by atoms with Crippen LogP contribution in [-0.4, -0.2) is 15.6 Å². The van der Waals surface area contributed by atoms with E-state index in [2.05, 4.69) is 5.10 Å². The van der Waals surface area contributed by atoms with Crippen LogP contribution in [0.3, 0.4) is 0 Å². The van der Waals surface area contributed by atoms with Gasteiger partial charge >= 0.3 is 0 Å². The predicted octanol–water partition coefficient (Wildman–Crippen LogP) is 3.04. The van der Waals surface area contributed by atoms with Crippen LogP contribution in [0, 0.1) is 0 Å². The fourth-order valence-corrected chi connectivity index (χ4v) is 2.39. The topological polar surface area (TPSA) is 60.9 Å². The SMILES string of the molecule is CCc1nn(C)c(CC(=O)/C=C/c2ccc(N)cc2)c1Cl. The molecule has 1 aromatic carbocycles. The van der Waals surface area contributed by atoms with Crippen molar-refractivity contribution in [3.63, 3.8) is 0 Å². The zero-order valence-corrected chi connectivity index (χ0v) is 12.9. The average Bonchev–Trinajstić information content (AvgIpc) is 2.74. The van der Waals surface area contributed by atoms with E-state index in [1.54, 1.807) is 36.0 Å². The molecule has 0 unspecified atom stereocenters. The molecular formula is C16H18ClN3O. The fraction of sp³-hybridized carbons (Fsp3) is 0.250. The molecule has 4 nitrogen and oxygen atoms in total. The fourth-order valence-electron chi connectivity index (χ4n) is 2.03. The number of ketones is 1. The van der Waals surface area contributed by atoms with Crippen LogP contribution in [0.15, 0.2) is 30.3 Å². The average molecular weight is 304 g/mol. The number of nitrogen functional groups attached to an aromatic ring is 1. The van der Waals surface area contributed by atoms with Crippen LogP contribution >= 0.6 is 11.6 Å². The first-order valence-corrected chi connectivity index (χ1v) is 7.15. The minimum atomic E-state index is -0.0145. The molecule has 2 aromatic rings. The lowest BCUT2D eigenvalue weighted by molar-refractivity contribution is -0.114. The third kappa shape index (κ3) is 3.73. The zero-order chi connectivity index (χ0) is 15.4. The van der Waals surface area contributed by atoms with Crippen molar-refractivity contribution in [2.24, 2.45) is 7.05 Å². The Labute approximate surface area is 129 Å². The first-order chi connectivity index (χ1) is 10.0. The van der Waals surface area contributed by atoms with E-state index in [-0.39, 0.29) is 12.2 Å². The second kappa shape index (κ2) is 6.59. The van der Waals surface area contributed by atoms with Crippen molar-refractivity contribution in [2.45, 2.75) is 19.8 Å². The highest BCUT2D eigenvalue weighted by Gasteiger charge is 2.14. The molecule has 0 aliphatic carbocycles. The lowest BCUT2D eigenvalue weighted by Gasteiger charge is -1.99. The largest absolute Gasteiger partial charge is 0.399 e. The maximum Gasteiger partial charge on any atom is 0.161 e. The van der Waals surface area contributed by atoms with Gasteiger partial charge in [-0.15, -0.1) is 0 Å². The van der Waals surface area contributed by atoms with Gasteiger partial charge in [-0.2, -0.15) is 5.10 Å². The summed E-state index contributed by atoms with van der Waals surface area (Å²) in [6.45, 7) is 1.99. The van der Waals surface area contributed by atoms with Gasteiger partial charge in [0.15, 0.2) is 5.78 Å². The molecule has 0 saturated carbocycles. The lowest BCUT2D eigenvalue weighted by atomic mass is 10.1. The van der Waals surface area contributed by atoms with E-state index in [4.69, 9.17) is 17.3 Å². The third-order valence-electron chi connectivity index (χ3n) is 3.24. The van der Waals surface area contributed by atoms with Crippen LogP contribution in [0.5, 0.6) is 0 Å². The number of aromatic nitrogens is 2. The molecule has 0 fully saturated rings. The van der Waals surface area contributed by atoms with Gasteiger partial charge in [-0.25, -0.2) is 0 Å². The first-order valence-electron chi connectivity index (χ1n) is 6.78. The molecule has 2 N–H and O–H groups in total. The molecule has 0 radical (unpaired) electrons.